The number of benzene rings is 1. The lowest BCUT2D eigenvalue weighted by molar-refractivity contribution is 0.0970. The summed E-state index contributed by atoms with van der Waals surface area (Å²) < 4.78 is 1.88. The predicted molar refractivity (Wildman–Crippen MR) is 86.0 cm³/mol. The molecule has 0 spiro atoms. The predicted octanol–water partition coefficient (Wildman–Crippen LogP) is 2.90. The fourth-order valence-electron chi connectivity index (χ4n) is 2.97. The van der Waals surface area contributed by atoms with Crippen molar-refractivity contribution in [2.24, 2.45) is 7.05 Å². The van der Waals surface area contributed by atoms with Gasteiger partial charge < -0.3 is 14.4 Å². The van der Waals surface area contributed by atoms with Gasteiger partial charge in [0.05, 0.1) is 11.4 Å². The lowest BCUT2D eigenvalue weighted by atomic mass is 10.1. The van der Waals surface area contributed by atoms with Crippen molar-refractivity contribution in [3.05, 3.63) is 48.3 Å². The van der Waals surface area contributed by atoms with Crippen molar-refractivity contribution in [2.45, 2.75) is 19.4 Å². The van der Waals surface area contributed by atoms with Gasteiger partial charge in [-0.3, -0.25) is 4.79 Å². The maximum atomic E-state index is 13.0. The molecule has 21 heavy (non-hydrogen) atoms. The largest absolute Gasteiger partial charge is 0.373 e. The van der Waals surface area contributed by atoms with Gasteiger partial charge in [0.2, 0.25) is 0 Å². The van der Waals surface area contributed by atoms with E-state index in [4.69, 9.17) is 0 Å². The Morgan fingerprint density at radius 3 is 2.48 bits per heavy atom. The molecule has 0 fully saturated rings. The summed E-state index contributed by atoms with van der Waals surface area (Å²) >= 11 is 0. The van der Waals surface area contributed by atoms with E-state index >= 15 is 0 Å². The molecule has 110 valence electrons. The average Bonchev–Trinajstić information content (AvgIpc) is 2.86. The molecule has 0 aliphatic carbocycles. The second-order valence-electron chi connectivity index (χ2n) is 5.73. The second kappa shape index (κ2) is 5.28. The molecule has 0 bridgehead atoms. The van der Waals surface area contributed by atoms with Crippen LogP contribution in [0.2, 0.25) is 0 Å². The summed E-state index contributed by atoms with van der Waals surface area (Å²) in [6, 6.07) is 12.1. The Kier molecular flexibility index (Phi) is 3.45. The number of aromatic nitrogens is 1. The van der Waals surface area contributed by atoms with Crippen LogP contribution < -0.4 is 9.80 Å². The summed E-state index contributed by atoms with van der Waals surface area (Å²) in [6.07, 6.45) is 2.87. The molecular formula is C17H21N3O. The first-order chi connectivity index (χ1) is 10.1. The Hall–Kier alpha value is -2.23. The van der Waals surface area contributed by atoms with Crippen molar-refractivity contribution in [1.82, 2.24) is 4.57 Å². The molecule has 4 heteroatoms. The molecule has 0 saturated heterocycles. The number of hydrogen-bond acceptors (Lipinski definition) is 2. The van der Waals surface area contributed by atoms with Crippen LogP contribution in [0.5, 0.6) is 0 Å². The van der Waals surface area contributed by atoms with Crippen LogP contribution in [0, 0.1) is 0 Å². The van der Waals surface area contributed by atoms with Gasteiger partial charge in [-0.1, -0.05) is 12.1 Å². The first kappa shape index (κ1) is 13.7. The van der Waals surface area contributed by atoms with E-state index in [9.17, 15) is 4.79 Å². The number of carbonyl (C=O) groups is 1. The second-order valence-corrected chi connectivity index (χ2v) is 5.73. The number of amides is 1. The van der Waals surface area contributed by atoms with Gasteiger partial charge >= 0.3 is 0 Å². The van der Waals surface area contributed by atoms with Gasteiger partial charge in [0, 0.05) is 32.9 Å². The topological polar surface area (TPSA) is 28.5 Å². The number of carbonyl (C=O) groups excluding carboxylic acids is 1. The summed E-state index contributed by atoms with van der Waals surface area (Å²) in [5.41, 5.74) is 2.84. The smallest absolute Gasteiger partial charge is 0.275 e. The van der Waals surface area contributed by atoms with Crippen molar-refractivity contribution in [3.63, 3.8) is 0 Å². The van der Waals surface area contributed by atoms with Gasteiger partial charge in [0.25, 0.3) is 5.91 Å². The van der Waals surface area contributed by atoms with E-state index in [1.54, 1.807) is 0 Å². The quantitative estimate of drug-likeness (QED) is 0.805. The summed E-state index contributed by atoms with van der Waals surface area (Å²) in [7, 11) is 4.00. The highest BCUT2D eigenvalue weighted by atomic mass is 16.2. The molecule has 1 atom stereocenters. The molecule has 3 rings (SSSR count). The Morgan fingerprint density at radius 2 is 1.81 bits per heavy atom. The van der Waals surface area contributed by atoms with E-state index in [0.29, 0.717) is 0 Å². The van der Waals surface area contributed by atoms with Crippen molar-refractivity contribution < 1.29 is 4.79 Å². The molecule has 1 aromatic heterocycles. The standard InChI is InChI=1S/C17H21N3O/c1-13-10-12-19(3)14-7-4-5-8-15(14)20(13)17(21)16-9-6-11-18(16)2/h4-9,11,13H,10,12H2,1-3H3. The van der Waals surface area contributed by atoms with Crippen LogP contribution >= 0.6 is 0 Å². The normalized spacial score (nSPS) is 18.3. The lowest BCUT2D eigenvalue weighted by Crippen LogP contribution is -2.39. The number of aryl methyl sites for hydroxylation is 1. The number of para-hydroxylation sites is 2. The van der Waals surface area contributed by atoms with E-state index in [1.807, 2.05) is 53.0 Å². The van der Waals surface area contributed by atoms with Gasteiger partial charge in [-0.15, -0.1) is 0 Å². The van der Waals surface area contributed by atoms with E-state index in [0.717, 1.165) is 30.0 Å². The number of rotatable bonds is 1. The van der Waals surface area contributed by atoms with E-state index < -0.39 is 0 Å². The first-order valence-corrected chi connectivity index (χ1v) is 7.34. The third-order valence-electron chi connectivity index (χ3n) is 4.26. The van der Waals surface area contributed by atoms with E-state index in [2.05, 4.69) is 24.9 Å². The zero-order valence-electron chi connectivity index (χ0n) is 12.8. The highest BCUT2D eigenvalue weighted by Crippen LogP contribution is 2.34. The van der Waals surface area contributed by atoms with Crippen LogP contribution in [-0.2, 0) is 7.05 Å². The zero-order valence-corrected chi connectivity index (χ0v) is 12.8. The molecule has 1 aromatic carbocycles. The Morgan fingerprint density at radius 1 is 1.10 bits per heavy atom. The summed E-state index contributed by atoms with van der Waals surface area (Å²) in [5.74, 6) is 0.0674. The van der Waals surface area contributed by atoms with Crippen LogP contribution in [0.1, 0.15) is 23.8 Å². The van der Waals surface area contributed by atoms with Crippen LogP contribution in [0.15, 0.2) is 42.6 Å². The molecular weight excluding hydrogens is 262 g/mol. The molecule has 0 saturated carbocycles. The SMILES string of the molecule is CC1CCN(C)c2ccccc2N1C(=O)c1cccn1C. The highest BCUT2D eigenvalue weighted by molar-refractivity contribution is 6.07. The minimum absolute atomic E-state index is 0.0674. The van der Waals surface area contributed by atoms with Crippen molar-refractivity contribution in [3.8, 4) is 0 Å². The number of hydrogen-bond donors (Lipinski definition) is 0. The van der Waals surface area contributed by atoms with Crippen LogP contribution in [0.3, 0.4) is 0 Å². The van der Waals surface area contributed by atoms with Gasteiger partial charge in [-0.2, -0.15) is 0 Å². The summed E-state index contributed by atoms with van der Waals surface area (Å²) in [4.78, 5) is 17.2. The number of nitrogens with zero attached hydrogens (tertiary/aromatic N) is 3. The van der Waals surface area contributed by atoms with Gasteiger partial charge in [-0.25, -0.2) is 0 Å². The number of fused-ring (bicyclic) bond motifs is 1. The summed E-state index contributed by atoms with van der Waals surface area (Å²) in [6.45, 7) is 3.08. The molecule has 0 radical (unpaired) electrons. The molecule has 2 heterocycles. The average molecular weight is 283 g/mol. The fraction of sp³-hybridized carbons (Fsp3) is 0.353. The molecule has 1 aliphatic heterocycles. The minimum atomic E-state index is 0.0674. The molecule has 4 nitrogen and oxygen atoms in total. The van der Waals surface area contributed by atoms with Gasteiger partial charge in [0.15, 0.2) is 0 Å². The molecule has 0 N–H and O–H groups in total. The summed E-state index contributed by atoms with van der Waals surface area (Å²) in [5, 5.41) is 0. The van der Waals surface area contributed by atoms with E-state index in [1.165, 1.54) is 0 Å². The van der Waals surface area contributed by atoms with Crippen LogP contribution in [0.25, 0.3) is 0 Å². The van der Waals surface area contributed by atoms with Crippen LogP contribution in [0.4, 0.5) is 11.4 Å². The molecule has 1 unspecified atom stereocenters. The molecule has 1 aliphatic rings. The Balaban J connectivity index is 2.09. The van der Waals surface area contributed by atoms with Crippen molar-refractivity contribution in [2.75, 3.05) is 23.4 Å². The maximum absolute atomic E-state index is 13.0. The third-order valence-corrected chi connectivity index (χ3v) is 4.26. The maximum Gasteiger partial charge on any atom is 0.275 e. The molecule has 1 amide bonds. The fourth-order valence-corrected chi connectivity index (χ4v) is 2.97. The Labute approximate surface area is 125 Å². The van der Waals surface area contributed by atoms with Crippen LogP contribution in [-0.4, -0.2) is 30.1 Å². The molecule has 2 aromatic rings. The zero-order chi connectivity index (χ0) is 15.0. The van der Waals surface area contributed by atoms with Crippen molar-refractivity contribution in [1.29, 1.82) is 0 Å². The van der Waals surface area contributed by atoms with Gasteiger partial charge in [-0.05, 0) is 37.6 Å². The van der Waals surface area contributed by atoms with Gasteiger partial charge in [0.1, 0.15) is 5.69 Å². The first-order valence-electron chi connectivity index (χ1n) is 7.34. The monoisotopic (exact) mass is 283 g/mol. The van der Waals surface area contributed by atoms with Crippen molar-refractivity contribution >= 4 is 17.3 Å². The highest BCUT2D eigenvalue weighted by Gasteiger charge is 2.29. The third kappa shape index (κ3) is 2.31. The van der Waals surface area contributed by atoms with E-state index in [-0.39, 0.29) is 11.9 Å². The number of anilines is 2. The Bertz CT molecular complexity index is 662. The lowest BCUT2D eigenvalue weighted by Gasteiger charge is -2.28. The minimum Gasteiger partial charge on any atom is -0.373 e.